The molecule has 11 heteroatoms. The smallest absolute Gasteiger partial charge is 0.126 e. The van der Waals surface area contributed by atoms with Crippen LogP contribution in [0.2, 0.25) is 0 Å². The molecule has 0 saturated carbocycles. The predicted octanol–water partition coefficient (Wildman–Crippen LogP) is 9.92. The summed E-state index contributed by atoms with van der Waals surface area (Å²) in [5, 5.41) is 9.03. The number of rotatable bonds is 30. The van der Waals surface area contributed by atoms with Crippen LogP contribution in [0.3, 0.4) is 0 Å². The Labute approximate surface area is 378 Å². The van der Waals surface area contributed by atoms with Gasteiger partial charge < -0.3 is 52.5 Å². The van der Waals surface area contributed by atoms with Crippen LogP contribution in [0.4, 0.5) is 0 Å². The van der Waals surface area contributed by atoms with E-state index in [0.717, 1.165) is 34.4 Å². The fourth-order valence-corrected chi connectivity index (χ4v) is 5.91. The molecule has 0 heterocycles. The Morgan fingerprint density at radius 3 is 0.766 bits per heavy atom. The van der Waals surface area contributed by atoms with Gasteiger partial charge in [0.05, 0.1) is 66.1 Å². The number of aliphatic hydroxyl groups is 1. The molecular formula is C53H62O11. The first-order valence-corrected chi connectivity index (χ1v) is 21.8. The Morgan fingerprint density at radius 1 is 0.297 bits per heavy atom. The third kappa shape index (κ3) is 20.9. The number of hydrogen-bond acceptors (Lipinski definition) is 11. The van der Waals surface area contributed by atoms with Crippen LogP contribution in [-0.2, 0) is 45.4 Å². The maximum absolute atomic E-state index is 9.03. The molecule has 0 saturated heterocycles. The van der Waals surface area contributed by atoms with E-state index in [1.54, 1.807) is 18.2 Å². The van der Waals surface area contributed by atoms with Crippen LogP contribution in [-0.4, -0.2) is 77.8 Å². The van der Waals surface area contributed by atoms with Gasteiger partial charge in [0.2, 0.25) is 0 Å². The molecule has 0 radical (unpaired) electrons. The molecule has 0 atom stereocenters. The maximum Gasteiger partial charge on any atom is 0.126 e. The molecule has 0 aliphatic rings. The summed E-state index contributed by atoms with van der Waals surface area (Å²) < 4.78 is 57.4. The van der Waals surface area contributed by atoms with Crippen molar-refractivity contribution in [1.29, 1.82) is 0 Å². The molecule has 0 aliphatic heterocycles. The third-order valence-corrected chi connectivity index (χ3v) is 8.97. The van der Waals surface area contributed by atoms with Gasteiger partial charge >= 0.3 is 0 Å². The summed E-state index contributed by atoms with van der Waals surface area (Å²) in [5.41, 5.74) is 4.54. The molecule has 11 nitrogen and oxygen atoms in total. The summed E-state index contributed by atoms with van der Waals surface area (Å²) in [4.78, 5) is 0. The predicted molar refractivity (Wildman–Crippen MR) is 248 cm³/mol. The zero-order valence-corrected chi connectivity index (χ0v) is 36.9. The number of aliphatic hydroxyl groups excluding tert-OH is 1. The minimum Gasteiger partial charge on any atom is -0.493 e. The van der Waals surface area contributed by atoms with Crippen LogP contribution in [0, 0.1) is 0 Å². The fourth-order valence-electron chi connectivity index (χ4n) is 5.91. The Bertz CT molecular complexity index is 1780. The van der Waals surface area contributed by atoms with Crippen LogP contribution in [0.5, 0.6) is 34.5 Å². The normalized spacial score (nSPS) is 10.7. The minimum absolute atomic E-state index is 0.0675. The zero-order valence-electron chi connectivity index (χ0n) is 36.9. The van der Waals surface area contributed by atoms with Gasteiger partial charge in [-0.3, -0.25) is 0 Å². The summed E-state index contributed by atoms with van der Waals surface area (Å²) in [6, 6.07) is 51.2. The lowest BCUT2D eigenvalue weighted by Gasteiger charge is -2.13. The number of ether oxygens (including phenoxy) is 10. The average molecular weight is 875 g/mol. The van der Waals surface area contributed by atoms with E-state index in [9.17, 15) is 0 Å². The van der Waals surface area contributed by atoms with Gasteiger partial charge in [0, 0.05) is 36.4 Å². The average Bonchev–Trinajstić information content (AvgIpc) is 3.34. The first kappa shape index (κ1) is 48.9. The summed E-state index contributed by atoms with van der Waals surface area (Å²) in [6.07, 6.45) is 0.932. The van der Waals surface area contributed by atoms with Crippen molar-refractivity contribution in [3.8, 4) is 34.5 Å². The summed E-state index contributed by atoms with van der Waals surface area (Å²) in [6.45, 7) is 8.68. The molecule has 1 N–H and O–H groups in total. The van der Waals surface area contributed by atoms with Crippen molar-refractivity contribution < 1.29 is 52.5 Å². The van der Waals surface area contributed by atoms with Gasteiger partial charge in [-0.25, -0.2) is 0 Å². The van der Waals surface area contributed by atoms with E-state index in [0.29, 0.717) is 115 Å². The van der Waals surface area contributed by atoms with Crippen LogP contribution in [0.15, 0.2) is 158 Å². The molecule has 0 spiro atoms. The van der Waals surface area contributed by atoms with Gasteiger partial charge in [-0.15, -0.1) is 0 Å². The highest BCUT2D eigenvalue weighted by atomic mass is 16.5. The standard InChI is InChI=1S/C27H32O5.C26H30O6/c1-2-13-30-25-18-26(31-16-14-28-21-23-9-5-3-6-10-23)20-27(19-25)32-17-15-29-22-24-11-7-4-8-12-24;27-11-12-30-24-17-25(31-15-13-28-20-22-7-3-1-4-8-22)19-26(18-24)32-16-14-29-21-23-9-5-2-6-10-23/h3-12,18-20H,2,13-17,21-22H2,1H3;1-10,17-19,27H,11-16,20-21H2. The highest BCUT2D eigenvalue weighted by Crippen LogP contribution is 2.29. The molecule has 340 valence electrons. The Hall–Kier alpha value is -6.08. The Balaban J connectivity index is 0.000000241. The fraction of sp³-hybridized carbons (Fsp3) is 0.321. The largest absolute Gasteiger partial charge is 0.493 e. The molecule has 0 bridgehead atoms. The van der Waals surface area contributed by atoms with Crippen LogP contribution in [0.1, 0.15) is 35.6 Å². The number of benzene rings is 6. The lowest BCUT2D eigenvalue weighted by atomic mass is 10.2. The maximum atomic E-state index is 9.03. The molecule has 0 aliphatic carbocycles. The first-order chi connectivity index (χ1) is 31.7. The van der Waals surface area contributed by atoms with Gasteiger partial charge in [0.1, 0.15) is 67.5 Å². The topological polar surface area (TPSA) is 113 Å². The first-order valence-electron chi connectivity index (χ1n) is 21.8. The molecule has 0 unspecified atom stereocenters. The molecule has 6 rings (SSSR count). The SMILES string of the molecule is CCCOc1cc(OCCOCc2ccccc2)cc(OCCOCc2ccccc2)c1.OCCOc1cc(OCCOCc2ccccc2)cc(OCCOCc2ccccc2)c1. The van der Waals surface area contributed by atoms with Gasteiger partial charge in [0.25, 0.3) is 0 Å². The molecular weight excluding hydrogens is 813 g/mol. The molecule has 6 aromatic carbocycles. The van der Waals surface area contributed by atoms with E-state index in [4.69, 9.17) is 52.5 Å². The molecule has 0 fully saturated rings. The molecule has 0 aromatic heterocycles. The van der Waals surface area contributed by atoms with Crippen molar-refractivity contribution in [2.45, 2.75) is 39.8 Å². The highest BCUT2D eigenvalue weighted by molar-refractivity contribution is 5.43. The van der Waals surface area contributed by atoms with Crippen molar-refractivity contribution in [3.05, 3.63) is 180 Å². The lowest BCUT2D eigenvalue weighted by molar-refractivity contribution is 0.0864. The second-order valence-electron chi connectivity index (χ2n) is 14.2. The lowest BCUT2D eigenvalue weighted by Crippen LogP contribution is -2.09. The van der Waals surface area contributed by atoms with Crippen molar-refractivity contribution in [2.75, 3.05) is 72.7 Å². The van der Waals surface area contributed by atoms with Crippen molar-refractivity contribution in [1.82, 2.24) is 0 Å². The number of hydrogen-bond donors (Lipinski definition) is 1. The van der Waals surface area contributed by atoms with E-state index >= 15 is 0 Å². The van der Waals surface area contributed by atoms with Gasteiger partial charge in [-0.1, -0.05) is 128 Å². The second kappa shape index (κ2) is 30.9. The van der Waals surface area contributed by atoms with E-state index in [-0.39, 0.29) is 13.2 Å². The monoisotopic (exact) mass is 874 g/mol. The second-order valence-corrected chi connectivity index (χ2v) is 14.2. The van der Waals surface area contributed by atoms with Crippen LogP contribution in [0.25, 0.3) is 0 Å². The third-order valence-electron chi connectivity index (χ3n) is 8.97. The summed E-state index contributed by atoms with van der Waals surface area (Å²) >= 11 is 0. The van der Waals surface area contributed by atoms with E-state index in [2.05, 4.69) is 6.92 Å². The minimum atomic E-state index is -0.0675. The quantitative estimate of drug-likeness (QED) is 0.0437. The van der Waals surface area contributed by atoms with Gasteiger partial charge in [0.15, 0.2) is 0 Å². The Morgan fingerprint density at radius 2 is 0.531 bits per heavy atom. The van der Waals surface area contributed by atoms with Crippen LogP contribution >= 0.6 is 0 Å². The van der Waals surface area contributed by atoms with Crippen LogP contribution < -0.4 is 28.4 Å². The molecule has 6 aromatic rings. The van der Waals surface area contributed by atoms with Gasteiger partial charge in [-0.05, 0) is 28.7 Å². The highest BCUT2D eigenvalue weighted by Gasteiger charge is 2.08. The summed E-state index contributed by atoms with van der Waals surface area (Å²) in [7, 11) is 0. The van der Waals surface area contributed by atoms with Crippen molar-refractivity contribution in [3.63, 3.8) is 0 Å². The van der Waals surface area contributed by atoms with E-state index in [1.807, 2.05) is 140 Å². The molecule has 64 heavy (non-hydrogen) atoms. The van der Waals surface area contributed by atoms with E-state index < -0.39 is 0 Å². The Kier molecular flexibility index (Phi) is 23.6. The molecule has 0 amide bonds. The summed E-state index contributed by atoms with van der Waals surface area (Å²) in [5.74, 6) is 3.92. The van der Waals surface area contributed by atoms with Gasteiger partial charge in [-0.2, -0.15) is 0 Å². The zero-order chi connectivity index (χ0) is 44.5. The van der Waals surface area contributed by atoms with E-state index in [1.165, 1.54) is 0 Å². The van der Waals surface area contributed by atoms with Crippen molar-refractivity contribution in [2.24, 2.45) is 0 Å². The van der Waals surface area contributed by atoms with Crippen molar-refractivity contribution >= 4 is 0 Å².